The van der Waals surface area contributed by atoms with E-state index in [-0.39, 0.29) is 18.1 Å². The van der Waals surface area contributed by atoms with Gasteiger partial charge in [-0.25, -0.2) is 5.84 Å². The van der Waals surface area contributed by atoms with Gasteiger partial charge in [0.25, 0.3) is 5.91 Å². The highest BCUT2D eigenvalue weighted by Crippen LogP contribution is 2.28. The minimum absolute atomic E-state index is 0.0811. The molecule has 7 heteroatoms. The SMILES string of the molecule is Cc1cccc(C)c1CO[C@H]1CCC[C@@H]1N(N)C(=O)c1cncc(-c2cnn(C)c2)c1. The molecule has 0 bridgehead atoms. The molecule has 31 heavy (non-hydrogen) atoms. The average molecular weight is 420 g/mol. The first kappa shape index (κ1) is 21.2. The van der Waals surface area contributed by atoms with Crippen molar-refractivity contribution in [1.82, 2.24) is 19.8 Å². The van der Waals surface area contributed by atoms with Crippen LogP contribution in [0.15, 0.2) is 49.1 Å². The standard InChI is InChI=1S/C24H29N5O2/c1-16-6-4-7-17(2)21(16)15-31-23-9-5-8-22(23)29(25)24(30)19-10-18(11-26-12-19)20-13-27-28(3)14-20/h4,6-7,10-14,22-23H,5,8-9,15,25H2,1-3H3/t22-,23-/m0/s1. The molecule has 2 N–H and O–H groups in total. The van der Waals surface area contributed by atoms with Crippen LogP contribution in [0.1, 0.15) is 46.3 Å². The summed E-state index contributed by atoms with van der Waals surface area (Å²) in [6.07, 6.45) is 9.54. The predicted molar refractivity (Wildman–Crippen MR) is 119 cm³/mol. The van der Waals surface area contributed by atoms with Gasteiger partial charge in [0, 0.05) is 36.8 Å². The quantitative estimate of drug-likeness (QED) is 0.375. The zero-order chi connectivity index (χ0) is 22.0. The van der Waals surface area contributed by atoms with E-state index < -0.39 is 0 Å². The number of benzene rings is 1. The number of aryl methyl sites for hydroxylation is 3. The van der Waals surface area contributed by atoms with E-state index in [1.165, 1.54) is 21.7 Å². The molecular formula is C24H29N5O2. The zero-order valence-corrected chi connectivity index (χ0v) is 18.3. The molecule has 0 unspecified atom stereocenters. The second kappa shape index (κ2) is 8.99. The smallest absolute Gasteiger partial charge is 0.269 e. The van der Waals surface area contributed by atoms with Crippen LogP contribution in [0.4, 0.5) is 0 Å². The van der Waals surface area contributed by atoms with Crippen LogP contribution >= 0.6 is 0 Å². The van der Waals surface area contributed by atoms with E-state index in [2.05, 4.69) is 42.1 Å². The Morgan fingerprint density at radius 2 is 1.97 bits per heavy atom. The Kier molecular flexibility index (Phi) is 6.15. The summed E-state index contributed by atoms with van der Waals surface area (Å²) in [5, 5.41) is 5.53. The summed E-state index contributed by atoms with van der Waals surface area (Å²) < 4.78 is 7.98. The Labute approximate surface area is 182 Å². The number of ether oxygens (including phenoxy) is 1. The Morgan fingerprint density at radius 1 is 1.19 bits per heavy atom. The molecule has 0 saturated heterocycles. The number of amides is 1. The fourth-order valence-electron chi connectivity index (χ4n) is 4.27. The van der Waals surface area contributed by atoms with Crippen LogP contribution in [-0.2, 0) is 18.4 Å². The van der Waals surface area contributed by atoms with Crippen LogP contribution in [0.3, 0.4) is 0 Å². The largest absolute Gasteiger partial charge is 0.371 e. The van der Waals surface area contributed by atoms with Gasteiger partial charge < -0.3 is 4.74 Å². The molecule has 4 rings (SSSR count). The van der Waals surface area contributed by atoms with Gasteiger partial charge in [0.1, 0.15) is 0 Å². The summed E-state index contributed by atoms with van der Waals surface area (Å²) in [6, 6.07) is 7.91. The van der Waals surface area contributed by atoms with Crippen molar-refractivity contribution in [3.63, 3.8) is 0 Å². The van der Waals surface area contributed by atoms with Crippen molar-refractivity contribution in [1.29, 1.82) is 0 Å². The van der Waals surface area contributed by atoms with Crippen molar-refractivity contribution >= 4 is 5.91 Å². The molecule has 1 aliphatic carbocycles. The molecule has 162 valence electrons. The molecule has 2 atom stereocenters. The van der Waals surface area contributed by atoms with Gasteiger partial charge in [0.05, 0.1) is 30.5 Å². The Balaban J connectivity index is 1.47. The highest BCUT2D eigenvalue weighted by molar-refractivity contribution is 5.95. The maximum Gasteiger partial charge on any atom is 0.269 e. The monoisotopic (exact) mass is 419 g/mol. The van der Waals surface area contributed by atoms with E-state index >= 15 is 0 Å². The highest BCUT2D eigenvalue weighted by Gasteiger charge is 2.35. The van der Waals surface area contributed by atoms with E-state index in [1.54, 1.807) is 23.3 Å². The predicted octanol–water partition coefficient (Wildman–Crippen LogP) is 3.55. The van der Waals surface area contributed by atoms with Crippen molar-refractivity contribution in [3.8, 4) is 11.1 Å². The van der Waals surface area contributed by atoms with Gasteiger partial charge in [-0.15, -0.1) is 0 Å². The first-order chi connectivity index (χ1) is 14.9. The number of nitrogens with two attached hydrogens (primary N) is 1. The van der Waals surface area contributed by atoms with E-state index in [0.29, 0.717) is 12.2 Å². The maximum absolute atomic E-state index is 13.1. The fourth-order valence-corrected chi connectivity index (χ4v) is 4.27. The maximum atomic E-state index is 13.1. The molecule has 0 spiro atoms. The summed E-state index contributed by atoms with van der Waals surface area (Å²) in [4.78, 5) is 17.4. The van der Waals surface area contributed by atoms with Gasteiger partial charge in [-0.1, -0.05) is 18.2 Å². The minimum atomic E-state index is -0.245. The van der Waals surface area contributed by atoms with Crippen LogP contribution < -0.4 is 5.84 Å². The summed E-state index contributed by atoms with van der Waals surface area (Å²) >= 11 is 0. The number of aromatic nitrogens is 3. The zero-order valence-electron chi connectivity index (χ0n) is 18.3. The van der Waals surface area contributed by atoms with Crippen LogP contribution in [0.2, 0.25) is 0 Å². The number of rotatable bonds is 6. The van der Waals surface area contributed by atoms with E-state index in [9.17, 15) is 4.79 Å². The van der Waals surface area contributed by atoms with E-state index in [1.807, 2.05) is 19.3 Å². The van der Waals surface area contributed by atoms with Crippen LogP contribution in [0.25, 0.3) is 11.1 Å². The molecule has 0 radical (unpaired) electrons. The lowest BCUT2D eigenvalue weighted by atomic mass is 10.0. The Hall–Kier alpha value is -3.03. The van der Waals surface area contributed by atoms with Crippen LogP contribution in [0, 0.1) is 13.8 Å². The average Bonchev–Trinajstić information content (AvgIpc) is 3.41. The number of pyridine rings is 1. The molecule has 7 nitrogen and oxygen atoms in total. The Bertz CT molecular complexity index is 1060. The third kappa shape index (κ3) is 4.52. The number of hydrogen-bond donors (Lipinski definition) is 1. The number of hydrazine groups is 1. The summed E-state index contributed by atoms with van der Waals surface area (Å²) in [7, 11) is 1.85. The number of hydrogen-bond acceptors (Lipinski definition) is 5. The van der Waals surface area contributed by atoms with E-state index in [0.717, 1.165) is 30.4 Å². The number of nitrogens with zero attached hydrogens (tertiary/aromatic N) is 4. The molecule has 2 heterocycles. The lowest BCUT2D eigenvalue weighted by Gasteiger charge is -2.29. The van der Waals surface area contributed by atoms with Gasteiger partial charge in [0.15, 0.2) is 0 Å². The fraction of sp³-hybridized carbons (Fsp3) is 0.375. The lowest BCUT2D eigenvalue weighted by molar-refractivity contribution is -0.00565. The first-order valence-corrected chi connectivity index (χ1v) is 10.6. The molecule has 1 saturated carbocycles. The second-order valence-electron chi connectivity index (χ2n) is 8.30. The third-order valence-electron chi connectivity index (χ3n) is 6.12. The molecule has 1 aliphatic rings. The third-order valence-corrected chi connectivity index (χ3v) is 6.12. The van der Waals surface area contributed by atoms with Crippen molar-refractivity contribution < 1.29 is 9.53 Å². The van der Waals surface area contributed by atoms with Crippen molar-refractivity contribution in [2.45, 2.75) is 51.9 Å². The van der Waals surface area contributed by atoms with Crippen molar-refractivity contribution in [2.24, 2.45) is 12.9 Å². The molecule has 3 aromatic rings. The Morgan fingerprint density at radius 3 is 2.68 bits per heavy atom. The molecule has 0 aliphatic heterocycles. The topological polar surface area (TPSA) is 86.3 Å². The first-order valence-electron chi connectivity index (χ1n) is 10.6. The number of carbonyl (C=O) groups is 1. The van der Waals surface area contributed by atoms with Gasteiger partial charge >= 0.3 is 0 Å². The molecular weight excluding hydrogens is 390 g/mol. The lowest BCUT2D eigenvalue weighted by Crippen LogP contribution is -2.49. The van der Waals surface area contributed by atoms with Gasteiger partial charge in [0.2, 0.25) is 0 Å². The normalized spacial score (nSPS) is 18.3. The van der Waals surface area contributed by atoms with E-state index in [4.69, 9.17) is 10.6 Å². The molecule has 1 fully saturated rings. The highest BCUT2D eigenvalue weighted by atomic mass is 16.5. The molecule has 2 aromatic heterocycles. The summed E-state index contributed by atoms with van der Waals surface area (Å²) in [5.74, 6) is 6.08. The van der Waals surface area contributed by atoms with Gasteiger partial charge in [-0.3, -0.25) is 19.5 Å². The van der Waals surface area contributed by atoms with Crippen LogP contribution in [-0.4, -0.2) is 37.8 Å². The molecule has 1 aromatic carbocycles. The van der Waals surface area contributed by atoms with Gasteiger partial charge in [-0.05, 0) is 55.9 Å². The van der Waals surface area contributed by atoms with Crippen molar-refractivity contribution in [2.75, 3.05) is 0 Å². The summed E-state index contributed by atoms with van der Waals surface area (Å²) in [6.45, 7) is 4.72. The molecule has 1 amide bonds. The number of carbonyl (C=O) groups excluding carboxylic acids is 1. The summed E-state index contributed by atoms with van der Waals surface area (Å²) in [5.41, 5.74) is 5.84. The van der Waals surface area contributed by atoms with Crippen LogP contribution in [0.5, 0.6) is 0 Å². The minimum Gasteiger partial charge on any atom is -0.371 e. The van der Waals surface area contributed by atoms with Gasteiger partial charge in [-0.2, -0.15) is 5.10 Å². The second-order valence-corrected chi connectivity index (χ2v) is 8.30. The van der Waals surface area contributed by atoms with Crippen molar-refractivity contribution in [3.05, 3.63) is 71.3 Å².